The first-order valence-electron chi connectivity index (χ1n) is 12.4. The van der Waals surface area contributed by atoms with Crippen LogP contribution in [0.25, 0.3) is 16.6 Å². The van der Waals surface area contributed by atoms with Crippen molar-refractivity contribution in [1.29, 1.82) is 0 Å². The minimum atomic E-state index is -0.460. The fraction of sp³-hybridized carbons (Fsp3) is 0.321. The molecule has 0 radical (unpaired) electrons. The maximum Gasteiger partial charge on any atom is 0.258 e. The summed E-state index contributed by atoms with van der Waals surface area (Å²) in [5.41, 5.74) is 3.81. The number of anilines is 1. The summed E-state index contributed by atoms with van der Waals surface area (Å²) in [4.78, 5) is 26.1. The molecule has 9 nitrogen and oxygen atoms in total. The fourth-order valence-electron chi connectivity index (χ4n) is 4.62. The molecular weight excluding hydrogens is 508 g/mol. The topological polar surface area (TPSA) is 96.1 Å². The van der Waals surface area contributed by atoms with Gasteiger partial charge in [-0.2, -0.15) is 5.10 Å². The number of methoxy groups -OCH3 is 1. The Morgan fingerprint density at radius 3 is 2.76 bits per heavy atom. The van der Waals surface area contributed by atoms with Crippen molar-refractivity contribution in [2.75, 3.05) is 19.0 Å². The monoisotopic (exact) mass is 536 g/mol. The van der Waals surface area contributed by atoms with Crippen LogP contribution in [0.1, 0.15) is 52.5 Å². The third kappa shape index (κ3) is 5.31. The molecule has 1 atom stereocenters. The van der Waals surface area contributed by atoms with Crippen molar-refractivity contribution in [1.82, 2.24) is 14.2 Å². The smallest absolute Gasteiger partial charge is 0.258 e. The number of carbonyl (C=O) groups is 2. The van der Waals surface area contributed by atoms with Crippen molar-refractivity contribution in [3.8, 4) is 16.9 Å². The highest BCUT2D eigenvalue weighted by atomic mass is 35.5. The Morgan fingerprint density at radius 2 is 2.08 bits per heavy atom. The fourth-order valence-corrected chi connectivity index (χ4v) is 4.89. The lowest BCUT2D eigenvalue weighted by Gasteiger charge is -2.23. The molecule has 0 aliphatic carbocycles. The van der Waals surface area contributed by atoms with E-state index in [-0.39, 0.29) is 24.2 Å². The van der Waals surface area contributed by atoms with Crippen LogP contribution in [0.15, 0.2) is 49.1 Å². The minimum absolute atomic E-state index is 0.227. The molecule has 5 rings (SSSR count). The van der Waals surface area contributed by atoms with Gasteiger partial charge in [-0.15, -0.1) is 0 Å². The van der Waals surface area contributed by atoms with Gasteiger partial charge in [0.1, 0.15) is 5.75 Å². The minimum Gasteiger partial charge on any atom is -0.497 e. The zero-order valence-corrected chi connectivity index (χ0v) is 22.2. The van der Waals surface area contributed by atoms with Gasteiger partial charge in [0.2, 0.25) is 0 Å². The first-order chi connectivity index (χ1) is 18.3. The number of aryl methyl sites for hydroxylation is 1. The van der Waals surface area contributed by atoms with Gasteiger partial charge in [0.15, 0.2) is 12.1 Å². The quantitative estimate of drug-likeness (QED) is 0.299. The molecule has 4 aromatic rings. The van der Waals surface area contributed by atoms with Crippen molar-refractivity contribution in [3.05, 3.63) is 70.8 Å². The second kappa shape index (κ2) is 11.0. The molecule has 0 saturated carbocycles. The number of nitrogens with one attached hydrogen (secondary N) is 1. The second-order valence-electron chi connectivity index (χ2n) is 9.30. The summed E-state index contributed by atoms with van der Waals surface area (Å²) in [5.74, 6) is -0.117. The van der Waals surface area contributed by atoms with Crippen LogP contribution in [0.2, 0.25) is 5.02 Å². The van der Waals surface area contributed by atoms with E-state index in [9.17, 15) is 9.59 Å². The molecule has 198 valence electrons. The molecule has 1 saturated heterocycles. The van der Waals surface area contributed by atoms with E-state index in [0.717, 1.165) is 30.4 Å². The molecule has 1 aliphatic heterocycles. The van der Waals surface area contributed by atoms with E-state index in [1.54, 1.807) is 53.0 Å². The Bertz CT molecular complexity index is 1500. The largest absolute Gasteiger partial charge is 0.497 e. The Morgan fingerprint density at radius 1 is 1.24 bits per heavy atom. The molecule has 10 heteroatoms. The van der Waals surface area contributed by atoms with Crippen LogP contribution in [-0.2, 0) is 23.1 Å². The van der Waals surface area contributed by atoms with Gasteiger partial charge in [-0.25, -0.2) is 0 Å². The zero-order chi connectivity index (χ0) is 26.8. The van der Waals surface area contributed by atoms with Crippen LogP contribution in [-0.4, -0.2) is 45.9 Å². The van der Waals surface area contributed by atoms with Gasteiger partial charge in [-0.1, -0.05) is 11.6 Å². The summed E-state index contributed by atoms with van der Waals surface area (Å²) in [6.45, 7) is 2.40. The molecule has 38 heavy (non-hydrogen) atoms. The SMILES string of the molecule is COc1ccn2cc(C(C)=O)c(C(=O)Nc3cc(COC4CCCCO4)cc(-c4cnn(C)c4)c3Cl)c2c1. The summed E-state index contributed by atoms with van der Waals surface area (Å²) in [6, 6.07) is 7.19. The van der Waals surface area contributed by atoms with Crippen LogP contribution in [0.4, 0.5) is 5.69 Å². The number of rotatable bonds is 8. The Balaban J connectivity index is 1.52. The van der Waals surface area contributed by atoms with Crippen molar-refractivity contribution < 1.29 is 23.8 Å². The van der Waals surface area contributed by atoms with E-state index in [1.165, 1.54) is 6.92 Å². The predicted octanol–water partition coefficient (Wildman–Crippen LogP) is 5.50. The molecule has 1 aliphatic rings. The van der Waals surface area contributed by atoms with Crippen LogP contribution < -0.4 is 10.1 Å². The number of hydrogen-bond donors (Lipinski definition) is 1. The molecule has 3 aromatic heterocycles. The van der Waals surface area contributed by atoms with Crippen LogP contribution in [0.5, 0.6) is 5.75 Å². The number of halogens is 1. The molecular formula is C28H29ClN4O5. The van der Waals surface area contributed by atoms with Crippen LogP contribution in [0, 0.1) is 0 Å². The first kappa shape index (κ1) is 26.0. The summed E-state index contributed by atoms with van der Waals surface area (Å²) >= 11 is 6.84. The number of pyridine rings is 1. The third-order valence-electron chi connectivity index (χ3n) is 6.56. The molecule has 0 bridgehead atoms. The maximum atomic E-state index is 13.7. The van der Waals surface area contributed by atoms with E-state index in [4.69, 9.17) is 25.8 Å². The Labute approximate surface area is 225 Å². The average molecular weight is 537 g/mol. The first-order valence-corrected chi connectivity index (χ1v) is 12.8. The molecule has 1 fully saturated rings. The van der Waals surface area contributed by atoms with Crippen LogP contribution >= 0.6 is 11.6 Å². The highest BCUT2D eigenvalue weighted by Crippen LogP contribution is 2.36. The summed E-state index contributed by atoms with van der Waals surface area (Å²) < 4.78 is 20.5. The molecule has 1 aromatic carbocycles. The Kier molecular flexibility index (Phi) is 7.51. The summed E-state index contributed by atoms with van der Waals surface area (Å²) in [7, 11) is 3.37. The number of hydrogen-bond acceptors (Lipinski definition) is 6. The van der Waals surface area contributed by atoms with Gasteiger partial charge in [0.05, 0.1) is 41.7 Å². The predicted molar refractivity (Wildman–Crippen MR) is 144 cm³/mol. The number of aromatic nitrogens is 3. The van der Waals surface area contributed by atoms with Crippen molar-refractivity contribution in [2.45, 2.75) is 39.1 Å². The number of ether oxygens (including phenoxy) is 3. The molecule has 1 unspecified atom stereocenters. The second-order valence-corrected chi connectivity index (χ2v) is 9.68. The number of nitrogens with zero attached hydrogens (tertiary/aromatic N) is 3. The van der Waals surface area contributed by atoms with Crippen molar-refractivity contribution >= 4 is 34.5 Å². The maximum absolute atomic E-state index is 13.7. The number of ketones is 1. The molecule has 1 amide bonds. The standard InChI is InChI=1S/C28H29ClN4O5/c1-17(34)22-15-33-8-7-20(36-3)12-24(33)26(22)28(35)31-23-11-18(16-38-25-6-4-5-9-37-25)10-21(27(23)29)19-13-30-32(2)14-19/h7-8,10-15,25H,4-6,9,16H2,1-3H3,(H,31,35). The van der Waals surface area contributed by atoms with Crippen molar-refractivity contribution in [2.24, 2.45) is 7.05 Å². The van der Waals surface area contributed by atoms with Gasteiger partial charge < -0.3 is 23.9 Å². The summed E-state index contributed by atoms with van der Waals surface area (Å²) in [6.07, 6.45) is 9.62. The lowest BCUT2D eigenvalue weighted by atomic mass is 10.0. The van der Waals surface area contributed by atoms with Gasteiger partial charge in [-0.3, -0.25) is 14.3 Å². The number of benzene rings is 1. The summed E-state index contributed by atoms with van der Waals surface area (Å²) in [5, 5.41) is 7.56. The van der Waals surface area contributed by atoms with Gasteiger partial charge in [0.25, 0.3) is 5.91 Å². The molecule has 1 N–H and O–H groups in total. The highest BCUT2D eigenvalue weighted by Gasteiger charge is 2.23. The van der Waals surface area contributed by atoms with E-state index in [2.05, 4.69) is 10.4 Å². The van der Waals surface area contributed by atoms with E-state index in [1.807, 2.05) is 19.3 Å². The number of carbonyl (C=O) groups excluding carboxylic acids is 2. The van der Waals surface area contributed by atoms with Gasteiger partial charge >= 0.3 is 0 Å². The normalized spacial score (nSPS) is 15.5. The average Bonchev–Trinajstić information content (AvgIpc) is 3.52. The zero-order valence-electron chi connectivity index (χ0n) is 21.5. The van der Waals surface area contributed by atoms with Gasteiger partial charge in [0, 0.05) is 55.0 Å². The third-order valence-corrected chi connectivity index (χ3v) is 6.97. The van der Waals surface area contributed by atoms with Crippen molar-refractivity contribution in [3.63, 3.8) is 0 Å². The van der Waals surface area contributed by atoms with E-state index >= 15 is 0 Å². The lowest BCUT2D eigenvalue weighted by molar-refractivity contribution is -0.168. The van der Waals surface area contributed by atoms with E-state index in [0.29, 0.717) is 39.7 Å². The lowest BCUT2D eigenvalue weighted by Crippen LogP contribution is -2.22. The van der Waals surface area contributed by atoms with Crippen LogP contribution in [0.3, 0.4) is 0 Å². The molecule has 0 spiro atoms. The highest BCUT2D eigenvalue weighted by molar-refractivity contribution is 6.37. The molecule has 4 heterocycles. The Hall–Kier alpha value is -3.66. The number of amides is 1. The number of Topliss-reactive ketones (excluding diaryl/α,β-unsaturated/α-hetero) is 1. The van der Waals surface area contributed by atoms with Gasteiger partial charge in [-0.05, 0) is 49.9 Å². The van der Waals surface area contributed by atoms with E-state index < -0.39 is 5.91 Å². The number of fused-ring (bicyclic) bond motifs is 1.